The molecule has 1 amide bonds. The Hall–Kier alpha value is -2.81. The quantitative estimate of drug-likeness (QED) is 0.0205. The summed E-state index contributed by atoms with van der Waals surface area (Å²) in [6, 6.07) is -0.869. The molecule has 10 heteroatoms. The van der Waals surface area contributed by atoms with Crippen LogP contribution in [0.3, 0.4) is 0 Å². The zero-order valence-corrected chi connectivity index (χ0v) is 55.4. The second kappa shape index (κ2) is 61.3. The van der Waals surface area contributed by atoms with Crippen molar-refractivity contribution < 1.29 is 37.3 Å². The molecule has 0 rings (SSSR count). The largest absolute Gasteiger partial charge is 0.472 e. The molecule has 0 bridgehead atoms. The molecule has 0 aliphatic heterocycles. The molecule has 0 heterocycles. The van der Waals surface area contributed by atoms with E-state index < -0.39 is 20.0 Å². The number of nitrogens with zero attached hydrogens (tertiary/aromatic N) is 1. The Balaban J connectivity index is 5.18. The van der Waals surface area contributed by atoms with Gasteiger partial charge in [-0.2, -0.15) is 0 Å². The molecule has 0 aromatic carbocycles. The Morgan fingerprint density at radius 2 is 0.780 bits per heavy atom. The third kappa shape index (κ3) is 61.7. The van der Waals surface area contributed by atoms with E-state index in [2.05, 4.69) is 99.0 Å². The van der Waals surface area contributed by atoms with Crippen LogP contribution >= 0.6 is 7.82 Å². The Morgan fingerprint density at radius 3 is 1.18 bits per heavy atom. The minimum Gasteiger partial charge on any atom is -0.456 e. The Morgan fingerprint density at radius 1 is 0.439 bits per heavy atom. The monoisotopic (exact) mass is 1170 g/mol. The van der Waals surface area contributed by atoms with E-state index in [-0.39, 0.29) is 31.5 Å². The van der Waals surface area contributed by atoms with E-state index >= 15 is 0 Å². The Bertz CT molecular complexity index is 1680. The number of carbonyl (C=O) groups is 2. The van der Waals surface area contributed by atoms with Gasteiger partial charge in [-0.25, -0.2) is 4.57 Å². The number of phosphoric acid groups is 1. The second-order valence-electron chi connectivity index (χ2n) is 24.3. The molecule has 0 radical (unpaired) electrons. The van der Waals surface area contributed by atoms with Crippen molar-refractivity contribution in [1.82, 2.24) is 5.32 Å². The molecule has 0 aliphatic rings. The van der Waals surface area contributed by atoms with Gasteiger partial charge < -0.3 is 19.4 Å². The molecule has 0 spiro atoms. The van der Waals surface area contributed by atoms with Crippen molar-refractivity contribution in [2.24, 2.45) is 0 Å². The summed E-state index contributed by atoms with van der Waals surface area (Å²) in [6.45, 7) is 6.90. The second-order valence-corrected chi connectivity index (χ2v) is 25.8. The molecule has 0 aromatic heterocycles. The summed E-state index contributed by atoms with van der Waals surface area (Å²) in [6.07, 6.45) is 81.7. The number of unbranched alkanes of at least 4 members (excludes halogenated alkanes) is 34. The van der Waals surface area contributed by atoms with Crippen LogP contribution in [0.1, 0.15) is 310 Å². The topological polar surface area (TPSA) is 111 Å². The summed E-state index contributed by atoms with van der Waals surface area (Å²) in [5, 5.41) is 3.06. The van der Waals surface area contributed by atoms with Gasteiger partial charge in [0.2, 0.25) is 5.91 Å². The molecule has 0 aliphatic carbocycles. The minimum absolute atomic E-state index is 0.0313. The number of hydrogen-bond acceptors (Lipinski definition) is 6. The molecule has 0 fully saturated rings. The Labute approximate surface area is 507 Å². The van der Waals surface area contributed by atoms with Gasteiger partial charge >= 0.3 is 13.8 Å². The van der Waals surface area contributed by atoms with Crippen LogP contribution in [0.2, 0.25) is 0 Å². The van der Waals surface area contributed by atoms with Crippen molar-refractivity contribution >= 4 is 19.7 Å². The number of amides is 1. The number of likely N-dealkylation sites (N-methyl/N-ethyl adjacent to an activating group) is 1. The normalized spacial score (nSPS) is 14.1. The SMILES string of the molecule is CC/C=C\C/C=C\C/C=C\C/C=C\C/C=C\C/C=C\CCCCC(=O)OC(/C=C/CCCCCCCCCCCC)C(COP(=O)(O)OCC[N+](C)(C)C)NC(=O)CCCCCCCCCCCCCCCCCCCCCCCCC. The molecule has 0 saturated carbocycles. The summed E-state index contributed by atoms with van der Waals surface area (Å²) in [7, 11) is 1.47. The van der Waals surface area contributed by atoms with Crippen LogP contribution in [0.15, 0.2) is 85.1 Å². The van der Waals surface area contributed by atoms with E-state index in [9.17, 15) is 19.0 Å². The summed E-state index contributed by atoms with van der Waals surface area (Å²) in [5.41, 5.74) is 0. The molecule has 9 nitrogen and oxygen atoms in total. The molecule has 0 saturated heterocycles. The molecular formula is C72H132N2O7P+. The van der Waals surface area contributed by atoms with Gasteiger partial charge in [0.05, 0.1) is 33.8 Å². The van der Waals surface area contributed by atoms with E-state index in [0.29, 0.717) is 23.9 Å². The standard InChI is InChI=1S/C72H131N2O7P/c1-7-10-13-16-19-22-25-28-30-32-34-36-37-39-40-42-44-46-49-52-55-58-61-64-71(75)73-69(68-80-82(77,78)79-67-66-74(4,5)6)70(63-60-57-54-51-48-27-24-21-18-15-12-9-3)81-72(76)65-62-59-56-53-50-47-45-43-41-38-35-33-31-29-26-23-20-17-14-11-8-2/h11,14,20,23,29,31,35,38,43,45,50,53,60,63,69-70H,7-10,12-13,15-19,21-22,24-28,30,32-34,36-37,39-42,44,46-49,51-52,54-59,61-62,64-68H2,1-6H3,(H-,73,75,77,78)/p+1/b14-11-,23-20-,31-29-,38-35-,45-43-,53-50-,63-60+. The average molecular weight is 1170 g/mol. The summed E-state index contributed by atoms with van der Waals surface area (Å²) in [5.74, 6) is -0.548. The highest BCUT2D eigenvalue weighted by Gasteiger charge is 2.30. The van der Waals surface area contributed by atoms with Gasteiger partial charge in [0.25, 0.3) is 0 Å². The first-order valence-corrected chi connectivity index (χ1v) is 35.9. The number of carbonyl (C=O) groups excluding carboxylic acids is 2. The van der Waals surface area contributed by atoms with E-state index in [4.69, 9.17) is 13.8 Å². The van der Waals surface area contributed by atoms with Gasteiger partial charge in [-0.05, 0) is 83.1 Å². The zero-order chi connectivity index (χ0) is 60.0. The van der Waals surface area contributed by atoms with Crippen molar-refractivity contribution in [3.63, 3.8) is 0 Å². The fourth-order valence-corrected chi connectivity index (χ4v) is 10.6. The first-order chi connectivity index (χ1) is 39.9. The van der Waals surface area contributed by atoms with E-state index in [1.54, 1.807) is 0 Å². The lowest BCUT2D eigenvalue weighted by molar-refractivity contribution is -0.870. The van der Waals surface area contributed by atoms with Crippen LogP contribution in [0.5, 0.6) is 0 Å². The molecule has 82 heavy (non-hydrogen) atoms. The predicted octanol–water partition coefficient (Wildman–Crippen LogP) is 21.7. The van der Waals surface area contributed by atoms with E-state index in [1.165, 1.54) is 180 Å². The van der Waals surface area contributed by atoms with Crippen LogP contribution in [-0.4, -0.2) is 74.3 Å². The smallest absolute Gasteiger partial charge is 0.456 e. The maximum absolute atomic E-state index is 13.6. The van der Waals surface area contributed by atoms with Crippen LogP contribution in [-0.2, 0) is 27.9 Å². The van der Waals surface area contributed by atoms with Gasteiger partial charge in [0.1, 0.15) is 19.3 Å². The number of quaternary nitrogens is 1. The van der Waals surface area contributed by atoms with E-state index in [1.807, 2.05) is 33.3 Å². The van der Waals surface area contributed by atoms with Gasteiger partial charge in [0.15, 0.2) is 0 Å². The molecular weight excluding hydrogens is 1040 g/mol. The lowest BCUT2D eigenvalue weighted by Crippen LogP contribution is -2.47. The molecule has 0 aromatic rings. The highest BCUT2D eigenvalue weighted by atomic mass is 31.2. The third-order valence-corrected chi connectivity index (χ3v) is 16.1. The van der Waals surface area contributed by atoms with Crippen LogP contribution in [0, 0.1) is 0 Å². The van der Waals surface area contributed by atoms with Gasteiger partial charge in [-0.3, -0.25) is 18.6 Å². The van der Waals surface area contributed by atoms with Crippen molar-refractivity contribution in [2.75, 3.05) is 40.9 Å². The summed E-state index contributed by atoms with van der Waals surface area (Å²) >= 11 is 0. The number of ether oxygens (including phenoxy) is 1. The minimum atomic E-state index is -4.47. The third-order valence-electron chi connectivity index (χ3n) is 15.1. The average Bonchev–Trinajstić information content (AvgIpc) is 3.44. The van der Waals surface area contributed by atoms with Gasteiger partial charge in [-0.15, -0.1) is 0 Å². The van der Waals surface area contributed by atoms with Gasteiger partial charge in [-0.1, -0.05) is 299 Å². The molecule has 3 atom stereocenters. The summed E-state index contributed by atoms with van der Waals surface area (Å²) < 4.78 is 30.8. The maximum Gasteiger partial charge on any atom is 0.472 e. The fourth-order valence-electron chi connectivity index (χ4n) is 9.83. The highest BCUT2D eigenvalue weighted by molar-refractivity contribution is 7.47. The summed E-state index contributed by atoms with van der Waals surface area (Å²) in [4.78, 5) is 37.8. The number of esters is 1. The Kier molecular flexibility index (Phi) is 59.2. The van der Waals surface area contributed by atoms with Crippen molar-refractivity contribution in [3.05, 3.63) is 85.1 Å². The highest BCUT2D eigenvalue weighted by Crippen LogP contribution is 2.43. The fraction of sp³-hybridized carbons (Fsp3) is 0.778. The number of nitrogens with one attached hydrogen (secondary N) is 1. The van der Waals surface area contributed by atoms with Crippen molar-refractivity contribution in [1.29, 1.82) is 0 Å². The van der Waals surface area contributed by atoms with E-state index in [0.717, 1.165) is 89.9 Å². The lowest BCUT2D eigenvalue weighted by Gasteiger charge is -2.27. The van der Waals surface area contributed by atoms with Crippen molar-refractivity contribution in [3.8, 4) is 0 Å². The van der Waals surface area contributed by atoms with Crippen LogP contribution in [0.4, 0.5) is 0 Å². The van der Waals surface area contributed by atoms with Crippen LogP contribution < -0.4 is 5.32 Å². The predicted molar refractivity (Wildman–Crippen MR) is 355 cm³/mol. The molecule has 476 valence electrons. The van der Waals surface area contributed by atoms with Gasteiger partial charge in [0, 0.05) is 12.8 Å². The van der Waals surface area contributed by atoms with Crippen LogP contribution in [0.25, 0.3) is 0 Å². The molecule has 3 unspecified atom stereocenters. The maximum atomic E-state index is 13.6. The first kappa shape index (κ1) is 79.2. The molecule has 2 N–H and O–H groups in total. The number of allylic oxidation sites excluding steroid dienone is 13. The lowest BCUT2D eigenvalue weighted by atomic mass is 10.0. The van der Waals surface area contributed by atoms with Crippen molar-refractivity contribution in [2.45, 2.75) is 322 Å². The number of rotatable bonds is 62. The number of hydrogen-bond donors (Lipinski definition) is 2. The first-order valence-electron chi connectivity index (χ1n) is 34.4. The number of phosphoric ester groups is 1. The zero-order valence-electron chi connectivity index (χ0n) is 54.5.